The number of benzene rings is 3. The van der Waals surface area contributed by atoms with Gasteiger partial charge in [0, 0.05) is 12.2 Å². The standard InChI is InChI=1S/C66H82O16/c1-3-61(69)77-39-11-7-5-9-37-75-59-35-33-57(41-53(59)43-67)81-65(73)51-25-17-47(18-26-51)45-13-21-49(22-14-45)63(71)79-55-29-31-56(32-30-55)80-64(72)50-23-15-46(16-24-50)48-19-27-52(28-20-48)66(74)82-58-34-36-60(54(42-58)44-68)76-38-10-6-8-12-40-78-62(70)4-2/h3-4,29-36,41-52H,1-2,5-28,37-40H2. The van der Waals surface area contributed by atoms with Gasteiger partial charge in [0.15, 0.2) is 12.6 Å². The van der Waals surface area contributed by atoms with Crippen LogP contribution in [0.25, 0.3) is 0 Å². The van der Waals surface area contributed by atoms with Crippen LogP contribution < -0.4 is 28.4 Å². The maximum absolute atomic E-state index is 13.3. The summed E-state index contributed by atoms with van der Waals surface area (Å²) in [4.78, 5) is 99.0. The van der Waals surface area contributed by atoms with Crippen molar-refractivity contribution in [1.82, 2.24) is 0 Å². The van der Waals surface area contributed by atoms with Crippen LogP contribution in [0.4, 0.5) is 0 Å². The van der Waals surface area contributed by atoms with Gasteiger partial charge >= 0.3 is 35.8 Å². The molecule has 0 amide bonds. The van der Waals surface area contributed by atoms with Gasteiger partial charge in [0.05, 0.1) is 61.2 Å². The lowest BCUT2D eigenvalue weighted by Crippen LogP contribution is -2.32. The largest absolute Gasteiger partial charge is 0.493 e. The molecule has 0 saturated heterocycles. The van der Waals surface area contributed by atoms with Crippen molar-refractivity contribution in [1.29, 1.82) is 0 Å². The van der Waals surface area contributed by atoms with Crippen LogP contribution >= 0.6 is 0 Å². The van der Waals surface area contributed by atoms with Gasteiger partial charge in [-0.15, -0.1) is 0 Å². The summed E-state index contributed by atoms with van der Waals surface area (Å²) in [6.07, 6.45) is 23.5. The van der Waals surface area contributed by atoms with E-state index in [0.29, 0.717) is 108 Å². The van der Waals surface area contributed by atoms with Gasteiger partial charge in [-0.1, -0.05) is 13.2 Å². The molecule has 3 aromatic rings. The maximum Gasteiger partial charge on any atom is 0.330 e. The first-order chi connectivity index (χ1) is 39.9. The molecular weight excluding hydrogens is 1050 g/mol. The van der Waals surface area contributed by atoms with E-state index in [0.717, 1.165) is 166 Å². The van der Waals surface area contributed by atoms with Crippen LogP contribution in [0.3, 0.4) is 0 Å². The summed E-state index contributed by atoms with van der Waals surface area (Å²) in [5.74, 6) is 1.49. The summed E-state index contributed by atoms with van der Waals surface area (Å²) in [6, 6.07) is 16.4. The van der Waals surface area contributed by atoms with Crippen LogP contribution in [0.5, 0.6) is 34.5 Å². The Hall–Kier alpha value is -7.10. The smallest absolute Gasteiger partial charge is 0.330 e. The highest BCUT2D eigenvalue weighted by molar-refractivity contribution is 5.83. The molecule has 4 saturated carbocycles. The summed E-state index contributed by atoms with van der Waals surface area (Å²) >= 11 is 0. The first-order valence-corrected chi connectivity index (χ1v) is 29.9. The van der Waals surface area contributed by atoms with Crippen molar-refractivity contribution in [3.63, 3.8) is 0 Å². The molecule has 0 bridgehead atoms. The summed E-state index contributed by atoms with van der Waals surface area (Å²) in [6.45, 7) is 8.31. The minimum atomic E-state index is -0.426. The lowest BCUT2D eigenvalue weighted by molar-refractivity contribution is -0.142. The number of ether oxygens (including phenoxy) is 8. The fraction of sp³-hybridized carbons (Fsp3) is 0.545. The molecule has 3 aromatic carbocycles. The monoisotopic (exact) mass is 1130 g/mol. The minimum Gasteiger partial charge on any atom is -0.493 e. The van der Waals surface area contributed by atoms with Crippen molar-refractivity contribution in [2.24, 2.45) is 47.3 Å². The normalized spacial score (nSPS) is 22.4. The Morgan fingerprint density at radius 2 is 0.634 bits per heavy atom. The summed E-state index contributed by atoms with van der Waals surface area (Å²) in [7, 11) is 0. The van der Waals surface area contributed by atoms with E-state index in [4.69, 9.17) is 37.9 Å². The highest BCUT2D eigenvalue weighted by atomic mass is 16.6. The van der Waals surface area contributed by atoms with E-state index < -0.39 is 11.9 Å². The average Bonchev–Trinajstić information content (AvgIpc) is 3.54. The fourth-order valence-electron chi connectivity index (χ4n) is 12.2. The van der Waals surface area contributed by atoms with Crippen LogP contribution in [0, 0.1) is 47.3 Å². The molecule has 0 radical (unpaired) electrons. The van der Waals surface area contributed by atoms with Gasteiger partial charge in [0.2, 0.25) is 0 Å². The van der Waals surface area contributed by atoms with E-state index >= 15 is 0 Å². The highest BCUT2D eigenvalue weighted by Gasteiger charge is 2.38. The zero-order valence-corrected chi connectivity index (χ0v) is 47.4. The number of unbranched alkanes of at least 4 members (excludes halogenated alkanes) is 6. The Labute approximate surface area is 482 Å². The Morgan fingerprint density at radius 3 is 0.915 bits per heavy atom. The molecule has 0 heterocycles. The van der Waals surface area contributed by atoms with Crippen molar-refractivity contribution in [2.75, 3.05) is 26.4 Å². The Balaban J connectivity index is 0.726. The average molecular weight is 1130 g/mol. The molecule has 16 heteroatoms. The topological polar surface area (TPSA) is 210 Å². The van der Waals surface area contributed by atoms with Crippen LogP contribution in [0.1, 0.15) is 175 Å². The molecule has 4 fully saturated rings. The lowest BCUT2D eigenvalue weighted by atomic mass is 9.69. The second-order valence-corrected chi connectivity index (χ2v) is 22.5. The van der Waals surface area contributed by atoms with Crippen molar-refractivity contribution in [3.05, 3.63) is 97.1 Å². The Bertz CT molecular complexity index is 2430. The van der Waals surface area contributed by atoms with Gasteiger partial charge < -0.3 is 37.9 Å². The summed E-state index contributed by atoms with van der Waals surface area (Å²) in [5.41, 5.74) is 0.635. The molecule has 0 N–H and O–H groups in total. The van der Waals surface area contributed by atoms with E-state index in [1.807, 2.05) is 0 Å². The minimum absolute atomic E-state index is 0.195. The van der Waals surface area contributed by atoms with E-state index in [9.17, 15) is 38.4 Å². The van der Waals surface area contributed by atoms with Crippen LogP contribution in [-0.2, 0) is 38.2 Å². The highest BCUT2D eigenvalue weighted by Crippen LogP contribution is 2.44. The first-order valence-electron chi connectivity index (χ1n) is 29.9. The molecule has 82 heavy (non-hydrogen) atoms. The van der Waals surface area contributed by atoms with Crippen molar-refractivity contribution in [2.45, 2.75) is 154 Å². The molecule has 4 aliphatic carbocycles. The zero-order valence-electron chi connectivity index (χ0n) is 47.4. The van der Waals surface area contributed by atoms with Crippen LogP contribution in [0.2, 0.25) is 0 Å². The van der Waals surface area contributed by atoms with E-state index in [1.165, 1.54) is 0 Å². The summed E-state index contributed by atoms with van der Waals surface area (Å²) < 4.78 is 44.7. The van der Waals surface area contributed by atoms with Gasteiger partial charge in [-0.3, -0.25) is 28.8 Å². The third-order valence-corrected chi connectivity index (χ3v) is 17.1. The van der Waals surface area contributed by atoms with E-state index in [-0.39, 0.29) is 47.5 Å². The SMILES string of the molecule is C=CC(=O)OCCCCCCOc1ccc(OC(=O)C2CCC(C3CCC(C(=O)Oc4ccc(OC(=O)C5CCC(C6CCC(C(=O)Oc7ccc(OCCCCCCOC(=O)C=C)c(C=O)c7)CC6)CC5)cc4)CC3)CC2)cc1C=O. The number of esters is 6. The van der Waals surface area contributed by atoms with E-state index in [2.05, 4.69) is 13.2 Å². The second-order valence-electron chi connectivity index (χ2n) is 22.5. The molecule has 0 spiro atoms. The fourth-order valence-corrected chi connectivity index (χ4v) is 12.2. The molecule has 0 aromatic heterocycles. The van der Waals surface area contributed by atoms with Gasteiger partial charge in [0.25, 0.3) is 0 Å². The molecule has 7 rings (SSSR count). The number of carbonyl (C=O) groups excluding carboxylic acids is 8. The van der Waals surface area contributed by atoms with Gasteiger partial charge in [-0.05, 0) is 238 Å². The van der Waals surface area contributed by atoms with Crippen molar-refractivity contribution < 1.29 is 76.3 Å². The van der Waals surface area contributed by atoms with Gasteiger partial charge in [-0.2, -0.15) is 0 Å². The molecular formula is C66H82O16. The van der Waals surface area contributed by atoms with Crippen LogP contribution in [0.15, 0.2) is 86.0 Å². The van der Waals surface area contributed by atoms with Crippen molar-refractivity contribution >= 4 is 48.4 Å². The number of aldehydes is 2. The quantitative estimate of drug-likeness (QED) is 0.0200. The lowest BCUT2D eigenvalue weighted by Gasteiger charge is -2.36. The van der Waals surface area contributed by atoms with Gasteiger partial charge in [0.1, 0.15) is 34.5 Å². The van der Waals surface area contributed by atoms with Gasteiger partial charge in [-0.25, -0.2) is 9.59 Å². The molecule has 4 aliphatic rings. The molecule has 442 valence electrons. The number of rotatable bonds is 30. The summed E-state index contributed by atoms with van der Waals surface area (Å²) in [5, 5.41) is 0. The third-order valence-electron chi connectivity index (χ3n) is 17.1. The molecule has 0 unspecified atom stereocenters. The predicted molar refractivity (Wildman–Crippen MR) is 305 cm³/mol. The Kier molecular flexibility index (Phi) is 25.2. The molecule has 16 nitrogen and oxygen atoms in total. The van der Waals surface area contributed by atoms with E-state index in [1.54, 1.807) is 60.7 Å². The first kappa shape index (κ1) is 62.5. The predicted octanol–water partition coefficient (Wildman–Crippen LogP) is 12.9. The van der Waals surface area contributed by atoms with Crippen molar-refractivity contribution in [3.8, 4) is 34.5 Å². The second kappa shape index (κ2) is 33.1. The molecule has 0 aliphatic heterocycles. The Morgan fingerprint density at radius 1 is 0.366 bits per heavy atom. The van der Waals surface area contributed by atoms with Crippen LogP contribution in [-0.4, -0.2) is 74.8 Å². The number of hydrogen-bond acceptors (Lipinski definition) is 16. The zero-order chi connectivity index (χ0) is 58.1. The molecule has 0 atom stereocenters. The third kappa shape index (κ3) is 19.5. The number of hydrogen-bond donors (Lipinski definition) is 0. The number of carbonyl (C=O) groups is 8. The maximum atomic E-state index is 13.3.